The van der Waals surface area contributed by atoms with Gasteiger partial charge in [-0.25, -0.2) is 0 Å². The molecule has 0 unspecified atom stereocenters. The van der Waals surface area contributed by atoms with Crippen LogP contribution in [0.2, 0.25) is 0 Å². The lowest BCUT2D eigenvalue weighted by molar-refractivity contribution is 0.150. The minimum atomic E-state index is 0. The van der Waals surface area contributed by atoms with Gasteiger partial charge in [0.15, 0.2) is 0 Å². The summed E-state index contributed by atoms with van der Waals surface area (Å²) in [7, 11) is 0. The van der Waals surface area contributed by atoms with Crippen molar-refractivity contribution < 1.29 is 4.74 Å². The fourth-order valence-corrected chi connectivity index (χ4v) is 4.14. The van der Waals surface area contributed by atoms with Crippen LogP contribution in [0.3, 0.4) is 0 Å². The molecule has 0 bridgehead atoms. The van der Waals surface area contributed by atoms with Gasteiger partial charge in [-0.15, -0.1) is 12.4 Å². The highest BCUT2D eigenvalue weighted by molar-refractivity contribution is 5.85. The molecule has 2 aliphatic rings. The van der Waals surface area contributed by atoms with Gasteiger partial charge in [-0.3, -0.25) is 4.90 Å². The van der Waals surface area contributed by atoms with E-state index >= 15 is 0 Å². The molecule has 2 saturated heterocycles. The third-order valence-corrected chi connectivity index (χ3v) is 5.36. The van der Waals surface area contributed by atoms with Gasteiger partial charge in [0.25, 0.3) is 0 Å². The minimum Gasteiger partial charge on any atom is -0.489 e. The lowest BCUT2D eigenvalue weighted by atomic mass is 10.0. The molecule has 0 aliphatic carbocycles. The van der Waals surface area contributed by atoms with Crippen LogP contribution in [0.1, 0.15) is 49.3 Å². The molecule has 24 heavy (non-hydrogen) atoms. The molecule has 0 radical (unpaired) electrons. The highest BCUT2D eigenvalue weighted by Gasteiger charge is 2.35. The zero-order valence-corrected chi connectivity index (χ0v) is 14.9. The van der Waals surface area contributed by atoms with Crippen molar-refractivity contribution in [2.45, 2.75) is 50.8 Å². The summed E-state index contributed by atoms with van der Waals surface area (Å²) in [6.45, 7) is 1.92. The van der Waals surface area contributed by atoms with Crippen LogP contribution in [-0.4, -0.2) is 17.5 Å². The molecule has 4 rings (SSSR count). The molecule has 3 heteroatoms. The standard InChI is InChI=1S/C21H25NO.ClH/c1-2-6-17(7-3-1)16-23-20-12-9-18(10-13-20)21-14-11-19-8-4-5-15-22(19)21;/h1-3,6-7,9-10,12-13,19,21H,4-5,8,11,14-16H2;1H/t19-,21-;/m1./s1. The molecule has 2 heterocycles. The van der Waals surface area contributed by atoms with Crippen molar-refractivity contribution >= 4 is 12.4 Å². The van der Waals surface area contributed by atoms with Gasteiger partial charge in [-0.1, -0.05) is 48.9 Å². The van der Waals surface area contributed by atoms with Crippen molar-refractivity contribution in [3.63, 3.8) is 0 Å². The summed E-state index contributed by atoms with van der Waals surface area (Å²) in [5, 5.41) is 0. The van der Waals surface area contributed by atoms with Crippen molar-refractivity contribution in [2.75, 3.05) is 6.54 Å². The van der Waals surface area contributed by atoms with E-state index < -0.39 is 0 Å². The van der Waals surface area contributed by atoms with Crippen molar-refractivity contribution in [1.82, 2.24) is 4.90 Å². The van der Waals surface area contributed by atoms with Crippen LogP contribution in [0.25, 0.3) is 0 Å². The Balaban J connectivity index is 0.00000169. The zero-order valence-electron chi connectivity index (χ0n) is 14.1. The third kappa shape index (κ3) is 3.76. The van der Waals surface area contributed by atoms with Crippen LogP contribution in [0, 0.1) is 0 Å². The lowest BCUT2D eigenvalue weighted by Crippen LogP contribution is -2.35. The summed E-state index contributed by atoms with van der Waals surface area (Å²) < 4.78 is 5.90. The second kappa shape index (κ2) is 8.04. The lowest BCUT2D eigenvalue weighted by Gasteiger charge is -2.34. The van der Waals surface area contributed by atoms with Gasteiger partial charge in [0.05, 0.1) is 0 Å². The van der Waals surface area contributed by atoms with Crippen LogP contribution in [0.5, 0.6) is 5.75 Å². The molecule has 0 aromatic heterocycles. The second-order valence-corrected chi connectivity index (χ2v) is 6.82. The van der Waals surface area contributed by atoms with E-state index in [1.54, 1.807) is 0 Å². The minimum absolute atomic E-state index is 0. The van der Waals surface area contributed by atoms with Gasteiger partial charge in [0, 0.05) is 12.1 Å². The number of hydrogen-bond acceptors (Lipinski definition) is 2. The molecular weight excluding hydrogens is 318 g/mol. The summed E-state index contributed by atoms with van der Waals surface area (Å²) in [5.41, 5.74) is 2.67. The molecule has 0 saturated carbocycles. The van der Waals surface area contributed by atoms with Crippen LogP contribution < -0.4 is 4.74 Å². The quantitative estimate of drug-likeness (QED) is 0.739. The van der Waals surface area contributed by atoms with Crippen LogP contribution >= 0.6 is 12.4 Å². The Kier molecular flexibility index (Phi) is 5.80. The molecule has 0 N–H and O–H groups in total. The van der Waals surface area contributed by atoms with Crippen LogP contribution in [-0.2, 0) is 6.61 Å². The van der Waals surface area contributed by atoms with Crippen LogP contribution in [0.4, 0.5) is 0 Å². The monoisotopic (exact) mass is 343 g/mol. The summed E-state index contributed by atoms with van der Waals surface area (Å²) in [6, 6.07) is 20.6. The SMILES string of the molecule is Cl.c1ccc(COc2ccc([C@H]3CC[C@H]4CCCCN43)cc2)cc1. The van der Waals surface area contributed by atoms with E-state index in [0.29, 0.717) is 12.6 Å². The van der Waals surface area contributed by atoms with Gasteiger partial charge in [0.1, 0.15) is 12.4 Å². The number of benzene rings is 2. The van der Waals surface area contributed by atoms with E-state index in [1.807, 2.05) is 6.07 Å². The number of nitrogens with zero attached hydrogens (tertiary/aromatic N) is 1. The summed E-state index contributed by atoms with van der Waals surface area (Å²) >= 11 is 0. The molecule has 0 spiro atoms. The first kappa shape index (κ1) is 17.3. The normalized spacial score (nSPS) is 23.3. The number of fused-ring (bicyclic) bond motifs is 1. The number of piperidine rings is 1. The number of rotatable bonds is 4. The third-order valence-electron chi connectivity index (χ3n) is 5.36. The molecular formula is C21H26ClNO. The molecule has 2 aliphatic heterocycles. The molecule has 0 amide bonds. The maximum atomic E-state index is 5.90. The Morgan fingerprint density at radius 2 is 1.67 bits per heavy atom. The summed E-state index contributed by atoms with van der Waals surface area (Å²) in [6.07, 6.45) is 6.87. The van der Waals surface area contributed by atoms with Crippen molar-refractivity contribution in [1.29, 1.82) is 0 Å². The van der Waals surface area contributed by atoms with Gasteiger partial charge in [0.2, 0.25) is 0 Å². The van der Waals surface area contributed by atoms with Crippen LogP contribution in [0.15, 0.2) is 54.6 Å². The Hall–Kier alpha value is -1.51. The Labute approximate surface area is 151 Å². The first-order valence-corrected chi connectivity index (χ1v) is 8.92. The van der Waals surface area contributed by atoms with E-state index in [-0.39, 0.29) is 12.4 Å². The topological polar surface area (TPSA) is 12.5 Å². The molecule has 2 fully saturated rings. The molecule has 2 atom stereocenters. The Morgan fingerprint density at radius 3 is 2.46 bits per heavy atom. The van der Waals surface area contributed by atoms with E-state index in [1.165, 1.54) is 49.8 Å². The number of halogens is 1. The van der Waals surface area contributed by atoms with E-state index in [9.17, 15) is 0 Å². The molecule has 2 aromatic rings. The van der Waals surface area contributed by atoms with E-state index in [2.05, 4.69) is 53.4 Å². The summed E-state index contributed by atoms with van der Waals surface area (Å²) in [4.78, 5) is 2.74. The Bertz CT molecular complexity index is 628. The van der Waals surface area contributed by atoms with Gasteiger partial charge in [-0.05, 0) is 55.5 Å². The predicted octanol–water partition coefficient (Wildman–Crippen LogP) is 5.38. The molecule has 2 aromatic carbocycles. The highest BCUT2D eigenvalue weighted by atomic mass is 35.5. The maximum absolute atomic E-state index is 5.90. The predicted molar refractivity (Wildman–Crippen MR) is 101 cm³/mol. The molecule has 128 valence electrons. The largest absolute Gasteiger partial charge is 0.489 e. The Morgan fingerprint density at radius 1 is 0.875 bits per heavy atom. The van der Waals surface area contributed by atoms with E-state index in [0.717, 1.165) is 11.8 Å². The highest BCUT2D eigenvalue weighted by Crippen LogP contribution is 2.40. The zero-order chi connectivity index (χ0) is 15.5. The molecule has 2 nitrogen and oxygen atoms in total. The maximum Gasteiger partial charge on any atom is 0.119 e. The van der Waals surface area contributed by atoms with Crippen molar-refractivity contribution in [3.8, 4) is 5.75 Å². The van der Waals surface area contributed by atoms with Gasteiger partial charge < -0.3 is 4.74 Å². The van der Waals surface area contributed by atoms with Gasteiger partial charge in [-0.2, -0.15) is 0 Å². The number of hydrogen-bond donors (Lipinski definition) is 0. The fourth-order valence-electron chi connectivity index (χ4n) is 4.14. The van der Waals surface area contributed by atoms with Crippen molar-refractivity contribution in [3.05, 3.63) is 65.7 Å². The first-order valence-electron chi connectivity index (χ1n) is 8.92. The first-order chi connectivity index (χ1) is 11.4. The van der Waals surface area contributed by atoms with Crippen molar-refractivity contribution in [2.24, 2.45) is 0 Å². The van der Waals surface area contributed by atoms with Gasteiger partial charge >= 0.3 is 0 Å². The fraction of sp³-hybridized carbons (Fsp3) is 0.429. The average Bonchev–Trinajstić information content (AvgIpc) is 3.05. The average molecular weight is 344 g/mol. The second-order valence-electron chi connectivity index (χ2n) is 6.82. The summed E-state index contributed by atoms with van der Waals surface area (Å²) in [5.74, 6) is 0.964. The smallest absolute Gasteiger partial charge is 0.119 e. The van der Waals surface area contributed by atoms with E-state index in [4.69, 9.17) is 4.74 Å². The number of ether oxygens (including phenoxy) is 1.